The molecule has 1 amide bonds. The van der Waals surface area contributed by atoms with Gasteiger partial charge in [0.15, 0.2) is 0 Å². The molecule has 0 bridgehead atoms. The van der Waals surface area contributed by atoms with Gasteiger partial charge >= 0.3 is 0 Å². The molecule has 2 N–H and O–H groups in total. The van der Waals surface area contributed by atoms with Gasteiger partial charge in [0.25, 0.3) is 5.91 Å². The normalized spacial score (nSPS) is 11.9. The van der Waals surface area contributed by atoms with Crippen LogP contribution in [0.2, 0.25) is 5.02 Å². The average molecular weight is 393 g/mol. The Kier molecular flexibility index (Phi) is 4.90. The number of rotatable bonds is 5. The first kappa shape index (κ1) is 17.9. The third-order valence-corrected chi connectivity index (χ3v) is 4.69. The average Bonchev–Trinajstić information content (AvgIpc) is 3.41. The summed E-state index contributed by atoms with van der Waals surface area (Å²) in [6.45, 7) is 1.93. The lowest BCUT2D eigenvalue weighted by atomic mass is 10.1. The highest BCUT2D eigenvalue weighted by atomic mass is 35.5. The highest BCUT2D eigenvalue weighted by Crippen LogP contribution is 2.24. The maximum atomic E-state index is 12.8. The van der Waals surface area contributed by atoms with E-state index in [-0.39, 0.29) is 11.9 Å². The molecule has 1 atom stereocenters. The Morgan fingerprint density at radius 2 is 1.89 bits per heavy atom. The van der Waals surface area contributed by atoms with Crippen LogP contribution in [0.25, 0.3) is 16.9 Å². The van der Waals surface area contributed by atoms with Crippen LogP contribution in [0.3, 0.4) is 0 Å². The van der Waals surface area contributed by atoms with Gasteiger partial charge in [-0.2, -0.15) is 10.2 Å². The van der Waals surface area contributed by atoms with Crippen molar-refractivity contribution in [1.82, 2.24) is 30.3 Å². The van der Waals surface area contributed by atoms with Crippen LogP contribution in [-0.2, 0) is 0 Å². The standard InChI is InChI=1S/C20H17ClN6O/c1-13(14-4-8-17(9-5-14)27-12-22-11-24-27)25-20(28)18-10-23-26-19(18)15-2-6-16(21)7-3-15/h2-13H,1H3,(H,23,26)(H,25,28)/t13-/m1/s1. The Bertz CT molecular complexity index is 1070. The summed E-state index contributed by atoms with van der Waals surface area (Å²) in [5.41, 5.74) is 3.86. The Hall–Kier alpha value is -3.45. The second kappa shape index (κ2) is 7.66. The van der Waals surface area contributed by atoms with Gasteiger partial charge in [0.05, 0.1) is 29.2 Å². The van der Waals surface area contributed by atoms with Crippen LogP contribution in [-0.4, -0.2) is 30.9 Å². The molecule has 2 heterocycles. The first-order chi connectivity index (χ1) is 13.6. The SMILES string of the molecule is C[C@@H](NC(=O)c1cn[nH]c1-c1ccc(Cl)cc1)c1ccc(-n2cncn2)cc1. The molecule has 0 saturated heterocycles. The smallest absolute Gasteiger partial charge is 0.255 e. The minimum atomic E-state index is -0.202. The van der Waals surface area contributed by atoms with Crippen LogP contribution in [0.4, 0.5) is 0 Å². The minimum absolute atomic E-state index is 0.176. The molecule has 140 valence electrons. The van der Waals surface area contributed by atoms with E-state index in [4.69, 9.17) is 11.6 Å². The van der Waals surface area contributed by atoms with Crippen molar-refractivity contribution in [2.75, 3.05) is 0 Å². The van der Waals surface area contributed by atoms with E-state index in [1.807, 2.05) is 43.3 Å². The molecule has 4 rings (SSSR count). The maximum absolute atomic E-state index is 12.8. The number of carbonyl (C=O) groups excluding carboxylic acids is 1. The van der Waals surface area contributed by atoms with Gasteiger partial charge in [-0.25, -0.2) is 9.67 Å². The molecule has 28 heavy (non-hydrogen) atoms. The highest BCUT2D eigenvalue weighted by molar-refractivity contribution is 6.30. The van der Waals surface area contributed by atoms with Crippen molar-refractivity contribution >= 4 is 17.5 Å². The summed E-state index contributed by atoms with van der Waals surface area (Å²) in [6.07, 6.45) is 4.65. The van der Waals surface area contributed by atoms with Crippen LogP contribution < -0.4 is 5.32 Å². The highest BCUT2D eigenvalue weighted by Gasteiger charge is 2.18. The number of amides is 1. The lowest BCUT2D eigenvalue weighted by Gasteiger charge is -2.15. The van der Waals surface area contributed by atoms with E-state index < -0.39 is 0 Å². The number of carbonyl (C=O) groups is 1. The molecule has 0 unspecified atom stereocenters. The molecular formula is C20H17ClN6O. The van der Waals surface area contributed by atoms with Gasteiger partial charge in [-0.15, -0.1) is 0 Å². The molecular weight excluding hydrogens is 376 g/mol. The van der Waals surface area contributed by atoms with E-state index >= 15 is 0 Å². The van der Waals surface area contributed by atoms with Crippen LogP contribution in [0.15, 0.2) is 67.4 Å². The van der Waals surface area contributed by atoms with Crippen LogP contribution in [0.5, 0.6) is 0 Å². The van der Waals surface area contributed by atoms with Crippen molar-refractivity contribution in [2.24, 2.45) is 0 Å². The van der Waals surface area contributed by atoms with Gasteiger partial charge in [-0.1, -0.05) is 35.9 Å². The Morgan fingerprint density at radius 1 is 1.14 bits per heavy atom. The largest absolute Gasteiger partial charge is 0.345 e. The number of hydrogen-bond acceptors (Lipinski definition) is 4. The zero-order chi connectivity index (χ0) is 19.5. The summed E-state index contributed by atoms with van der Waals surface area (Å²) in [5.74, 6) is -0.202. The van der Waals surface area contributed by atoms with Crippen molar-refractivity contribution < 1.29 is 4.79 Å². The first-order valence-electron chi connectivity index (χ1n) is 8.67. The second-order valence-corrected chi connectivity index (χ2v) is 6.73. The zero-order valence-electron chi connectivity index (χ0n) is 15.0. The molecule has 2 aromatic carbocycles. The van der Waals surface area contributed by atoms with E-state index in [1.165, 1.54) is 12.5 Å². The summed E-state index contributed by atoms with van der Waals surface area (Å²) < 4.78 is 1.68. The van der Waals surface area contributed by atoms with E-state index in [1.54, 1.807) is 23.1 Å². The number of nitrogens with zero attached hydrogens (tertiary/aromatic N) is 4. The number of halogens is 1. The van der Waals surface area contributed by atoms with Crippen molar-refractivity contribution in [3.05, 3.63) is 83.5 Å². The molecule has 0 aliphatic carbocycles. The summed E-state index contributed by atoms with van der Waals surface area (Å²) >= 11 is 5.94. The van der Waals surface area contributed by atoms with Crippen molar-refractivity contribution in [2.45, 2.75) is 13.0 Å². The van der Waals surface area contributed by atoms with E-state index in [0.29, 0.717) is 16.3 Å². The molecule has 0 spiro atoms. The fraction of sp³-hybridized carbons (Fsp3) is 0.100. The van der Waals surface area contributed by atoms with Gasteiger partial charge in [-0.05, 0) is 36.8 Å². The Balaban J connectivity index is 1.49. The third kappa shape index (κ3) is 3.65. The van der Waals surface area contributed by atoms with E-state index in [0.717, 1.165) is 16.8 Å². The van der Waals surface area contributed by atoms with Gasteiger partial charge in [0.2, 0.25) is 0 Å². The van der Waals surface area contributed by atoms with Crippen molar-refractivity contribution in [3.63, 3.8) is 0 Å². The molecule has 7 nitrogen and oxygen atoms in total. The minimum Gasteiger partial charge on any atom is -0.345 e. The number of nitrogens with one attached hydrogen (secondary N) is 2. The zero-order valence-corrected chi connectivity index (χ0v) is 15.8. The maximum Gasteiger partial charge on any atom is 0.255 e. The number of aromatic nitrogens is 5. The predicted molar refractivity (Wildman–Crippen MR) is 106 cm³/mol. The Morgan fingerprint density at radius 3 is 2.57 bits per heavy atom. The quantitative estimate of drug-likeness (QED) is 0.540. The molecule has 2 aromatic heterocycles. The topological polar surface area (TPSA) is 88.5 Å². The molecule has 0 aliphatic rings. The van der Waals surface area contributed by atoms with Crippen molar-refractivity contribution in [1.29, 1.82) is 0 Å². The van der Waals surface area contributed by atoms with Gasteiger partial charge in [0.1, 0.15) is 12.7 Å². The first-order valence-corrected chi connectivity index (χ1v) is 9.05. The summed E-state index contributed by atoms with van der Waals surface area (Å²) in [5, 5.41) is 14.7. The lowest BCUT2D eigenvalue weighted by molar-refractivity contribution is 0.0940. The molecule has 0 saturated carbocycles. The van der Waals surface area contributed by atoms with Gasteiger partial charge in [0, 0.05) is 10.6 Å². The lowest BCUT2D eigenvalue weighted by Crippen LogP contribution is -2.26. The number of aromatic amines is 1. The second-order valence-electron chi connectivity index (χ2n) is 6.29. The number of hydrogen-bond donors (Lipinski definition) is 2. The Labute approximate surface area is 166 Å². The monoisotopic (exact) mass is 392 g/mol. The molecule has 4 aromatic rings. The van der Waals surface area contributed by atoms with Crippen LogP contribution >= 0.6 is 11.6 Å². The molecule has 8 heteroatoms. The molecule has 0 fully saturated rings. The van der Waals surface area contributed by atoms with Crippen LogP contribution in [0, 0.1) is 0 Å². The fourth-order valence-electron chi connectivity index (χ4n) is 2.91. The summed E-state index contributed by atoms with van der Waals surface area (Å²) in [4.78, 5) is 16.7. The van der Waals surface area contributed by atoms with Crippen LogP contribution in [0.1, 0.15) is 28.9 Å². The molecule has 0 aliphatic heterocycles. The number of H-pyrrole nitrogens is 1. The van der Waals surface area contributed by atoms with Gasteiger partial charge < -0.3 is 5.32 Å². The van der Waals surface area contributed by atoms with Crippen molar-refractivity contribution in [3.8, 4) is 16.9 Å². The third-order valence-electron chi connectivity index (χ3n) is 4.44. The number of benzene rings is 2. The van der Waals surface area contributed by atoms with E-state index in [2.05, 4.69) is 25.6 Å². The van der Waals surface area contributed by atoms with E-state index in [9.17, 15) is 4.79 Å². The predicted octanol–water partition coefficient (Wildman–Crippen LogP) is 3.80. The fourth-order valence-corrected chi connectivity index (χ4v) is 3.04. The van der Waals surface area contributed by atoms with Gasteiger partial charge in [-0.3, -0.25) is 9.89 Å². The summed E-state index contributed by atoms with van der Waals surface area (Å²) in [7, 11) is 0. The molecule has 0 radical (unpaired) electrons. The summed E-state index contributed by atoms with van der Waals surface area (Å²) in [6, 6.07) is 14.8.